The van der Waals surface area contributed by atoms with Crippen LogP contribution in [0.2, 0.25) is 0 Å². The standard InChI is InChI=1S/C6H9IN2O/c7-9-3-4-1-8-2-5(4)6(9)10/h4-5,8H,1-3H2. The minimum absolute atomic E-state index is 0.289. The first-order valence-corrected chi connectivity index (χ1v) is 4.43. The van der Waals surface area contributed by atoms with Crippen LogP contribution in [-0.2, 0) is 4.79 Å². The molecule has 2 fully saturated rings. The zero-order valence-corrected chi connectivity index (χ0v) is 7.67. The van der Waals surface area contributed by atoms with Crippen molar-refractivity contribution in [2.24, 2.45) is 11.8 Å². The number of nitrogens with zero attached hydrogens (tertiary/aromatic N) is 1. The molecule has 2 rings (SSSR count). The van der Waals surface area contributed by atoms with Crippen molar-refractivity contribution in [2.45, 2.75) is 0 Å². The molecule has 0 aromatic carbocycles. The molecule has 2 unspecified atom stereocenters. The summed E-state index contributed by atoms with van der Waals surface area (Å²) in [6.07, 6.45) is 0. The molecule has 1 amide bonds. The van der Waals surface area contributed by atoms with E-state index in [4.69, 9.17) is 0 Å². The Morgan fingerprint density at radius 2 is 2.40 bits per heavy atom. The van der Waals surface area contributed by atoms with Gasteiger partial charge in [-0.3, -0.25) is 7.91 Å². The topological polar surface area (TPSA) is 32.3 Å². The first kappa shape index (κ1) is 6.84. The molecular weight excluding hydrogens is 243 g/mol. The maximum atomic E-state index is 11.3. The summed E-state index contributed by atoms with van der Waals surface area (Å²) in [5, 5.41) is 3.22. The minimum atomic E-state index is 0.289. The van der Waals surface area contributed by atoms with Gasteiger partial charge in [0.1, 0.15) is 0 Å². The number of hydrogen-bond acceptors (Lipinski definition) is 2. The van der Waals surface area contributed by atoms with E-state index in [9.17, 15) is 4.79 Å². The molecule has 0 bridgehead atoms. The molecule has 2 saturated heterocycles. The largest absolute Gasteiger partial charge is 0.316 e. The summed E-state index contributed by atoms with van der Waals surface area (Å²) in [6, 6.07) is 0. The fourth-order valence-electron chi connectivity index (χ4n) is 1.69. The van der Waals surface area contributed by atoms with Crippen molar-refractivity contribution in [2.75, 3.05) is 19.6 Å². The van der Waals surface area contributed by atoms with E-state index in [-0.39, 0.29) is 5.92 Å². The highest BCUT2D eigenvalue weighted by atomic mass is 127. The fraction of sp³-hybridized carbons (Fsp3) is 0.833. The molecule has 4 heteroatoms. The molecule has 3 nitrogen and oxygen atoms in total. The van der Waals surface area contributed by atoms with Gasteiger partial charge in [-0.25, -0.2) is 0 Å². The van der Waals surface area contributed by atoms with E-state index in [0.717, 1.165) is 19.6 Å². The number of carbonyl (C=O) groups is 1. The van der Waals surface area contributed by atoms with Crippen LogP contribution in [0.25, 0.3) is 0 Å². The van der Waals surface area contributed by atoms with Gasteiger partial charge < -0.3 is 5.32 Å². The average Bonchev–Trinajstić information content (AvgIpc) is 2.41. The minimum Gasteiger partial charge on any atom is -0.316 e. The maximum absolute atomic E-state index is 11.3. The van der Waals surface area contributed by atoms with Crippen LogP contribution in [0.5, 0.6) is 0 Å². The van der Waals surface area contributed by atoms with Crippen LogP contribution >= 0.6 is 22.9 Å². The first-order valence-electron chi connectivity index (χ1n) is 3.47. The van der Waals surface area contributed by atoms with Gasteiger partial charge in [0.15, 0.2) is 0 Å². The molecule has 2 aliphatic rings. The molecule has 2 atom stereocenters. The zero-order valence-electron chi connectivity index (χ0n) is 5.51. The van der Waals surface area contributed by atoms with Crippen molar-refractivity contribution in [1.82, 2.24) is 8.43 Å². The predicted octanol–water partition coefficient (Wildman–Crippen LogP) is 0.0142. The SMILES string of the molecule is O=C1C2CNCC2CN1I. The highest BCUT2D eigenvalue weighted by Crippen LogP contribution is 2.29. The number of fused-ring (bicyclic) bond motifs is 1. The van der Waals surface area contributed by atoms with Crippen LogP contribution in [0.1, 0.15) is 0 Å². The lowest BCUT2D eigenvalue weighted by Gasteiger charge is -2.05. The molecule has 0 aromatic heterocycles. The summed E-state index contributed by atoms with van der Waals surface area (Å²) in [7, 11) is 0. The third kappa shape index (κ3) is 0.852. The number of nitrogens with one attached hydrogen (secondary N) is 1. The lowest BCUT2D eigenvalue weighted by atomic mass is 10.0. The molecule has 10 heavy (non-hydrogen) atoms. The van der Waals surface area contributed by atoms with E-state index in [0.29, 0.717) is 11.8 Å². The van der Waals surface area contributed by atoms with Crippen LogP contribution in [0.4, 0.5) is 0 Å². The van der Waals surface area contributed by atoms with Gasteiger partial charge in [-0.1, -0.05) is 0 Å². The smallest absolute Gasteiger partial charge is 0.236 e. The van der Waals surface area contributed by atoms with E-state index in [1.54, 1.807) is 0 Å². The number of hydrogen-bond donors (Lipinski definition) is 1. The van der Waals surface area contributed by atoms with E-state index < -0.39 is 0 Å². The molecule has 56 valence electrons. The summed E-state index contributed by atoms with van der Waals surface area (Å²) in [6.45, 7) is 2.86. The fourth-order valence-corrected chi connectivity index (χ4v) is 2.55. The van der Waals surface area contributed by atoms with Crippen LogP contribution < -0.4 is 5.32 Å². The predicted molar refractivity (Wildman–Crippen MR) is 45.6 cm³/mol. The van der Waals surface area contributed by atoms with Crippen molar-refractivity contribution in [3.63, 3.8) is 0 Å². The molecule has 0 radical (unpaired) electrons. The second-order valence-electron chi connectivity index (χ2n) is 2.91. The monoisotopic (exact) mass is 252 g/mol. The van der Waals surface area contributed by atoms with Gasteiger partial charge in [0.25, 0.3) is 0 Å². The lowest BCUT2D eigenvalue weighted by Crippen LogP contribution is -2.23. The second-order valence-corrected chi connectivity index (χ2v) is 4.07. The third-order valence-electron chi connectivity index (χ3n) is 2.29. The number of rotatable bonds is 0. The van der Waals surface area contributed by atoms with Crippen LogP contribution in [0.15, 0.2) is 0 Å². The normalized spacial score (nSPS) is 38.9. The molecule has 0 saturated carbocycles. The quantitative estimate of drug-likeness (QED) is 0.486. The second kappa shape index (κ2) is 2.34. The van der Waals surface area contributed by atoms with Gasteiger partial charge in [0, 0.05) is 25.6 Å². The molecule has 2 heterocycles. The molecule has 0 aliphatic carbocycles. The lowest BCUT2D eigenvalue weighted by molar-refractivity contribution is -0.125. The molecular formula is C6H9IN2O. The Balaban J connectivity index is 2.17. The van der Waals surface area contributed by atoms with Gasteiger partial charge in [-0.05, 0) is 0 Å². The van der Waals surface area contributed by atoms with Crippen molar-refractivity contribution in [3.8, 4) is 0 Å². The molecule has 1 N–H and O–H groups in total. The molecule has 0 spiro atoms. The summed E-state index contributed by atoms with van der Waals surface area (Å²) < 4.78 is 1.81. The van der Waals surface area contributed by atoms with E-state index >= 15 is 0 Å². The van der Waals surface area contributed by atoms with Crippen LogP contribution in [-0.4, -0.2) is 28.7 Å². The maximum Gasteiger partial charge on any atom is 0.236 e. The summed E-state index contributed by atoms with van der Waals surface area (Å²) in [5.41, 5.74) is 0. The number of amides is 1. The van der Waals surface area contributed by atoms with Gasteiger partial charge in [0.05, 0.1) is 28.8 Å². The van der Waals surface area contributed by atoms with Gasteiger partial charge in [-0.15, -0.1) is 0 Å². The number of halogens is 1. The Kier molecular flexibility index (Phi) is 1.60. The highest BCUT2D eigenvalue weighted by molar-refractivity contribution is 14.1. The molecule has 2 aliphatic heterocycles. The van der Waals surface area contributed by atoms with Crippen LogP contribution in [0.3, 0.4) is 0 Å². The number of carbonyl (C=O) groups excluding carboxylic acids is 1. The Hall–Kier alpha value is 0.160. The first-order chi connectivity index (χ1) is 4.79. The van der Waals surface area contributed by atoms with Gasteiger partial charge in [-0.2, -0.15) is 0 Å². The summed E-state index contributed by atoms with van der Waals surface area (Å²) in [5.74, 6) is 1.19. The average molecular weight is 252 g/mol. The highest BCUT2D eigenvalue weighted by Gasteiger charge is 2.42. The summed E-state index contributed by atoms with van der Waals surface area (Å²) >= 11 is 2.10. The third-order valence-corrected chi connectivity index (χ3v) is 3.16. The Labute approximate surface area is 73.6 Å². The summed E-state index contributed by atoms with van der Waals surface area (Å²) in [4.78, 5) is 11.3. The van der Waals surface area contributed by atoms with Gasteiger partial charge >= 0.3 is 0 Å². The molecule has 0 aromatic rings. The van der Waals surface area contributed by atoms with Crippen molar-refractivity contribution in [1.29, 1.82) is 0 Å². The Bertz CT molecular complexity index is 173. The van der Waals surface area contributed by atoms with Crippen molar-refractivity contribution >= 4 is 28.8 Å². The van der Waals surface area contributed by atoms with Gasteiger partial charge in [0.2, 0.25) is 5.91 Å². The van der Waals surface area contributed by atoms with E-state index in [2.05, 4.69) is 28.2 Å². The van der Waals surface area contributed by atoms with Crippen LogP contribution in [0, 0.1) is 11.8 Å². The zero-order chi connectivity index (χ0) is 7.14. The van der Waals surface area contributed by atoms with E-state index in [1.807, 2.05) is 3.11 Å². The van der Waals surface area contributed by atoms with Crippen molar-refractivity contribution in [3.05, 3.63) is 0 Å². The Morgan fingerprint density at radius 3 is 3.10 bits per heavy atom. The van der Waals surface area contributed by atoms with E-state index in [1.165, 1.54) is 0 Å². The van der Waals surface area contributed by atoms with Crippen molar-refractivity contribution < 1.29 is 4.79 Å². The Morgan fingerprint density at radius 1 is 1.60 bits per heavy atom.